The Morgan fingerprint density at radius 2 is 1.24 bits per heavy atom. The van der Waals surface area contributed by atoms with E-state index in [0.29, 0.717) is 6.42 Å². The number of hydrogen-bond acceptors (Lipinski definition) is 8. The van der Waals surface area contributed by atoms with Crippen molar-refractivity contribution in [3.8, 4) is 0 Å². The summed E-state index contributed by atoms with van der Waals surface area (Å²) in [5, 5.41) is 53.2. The lowest BCUT2D eigenvalue weighted by Crippen LogP contribution is -2.60. The third-order valence-electron chi connectivity index (χ3n) is 9.19. The Morgan fingerprint density at radius 3 is 1.80 bits per heavy atom. The number of ether oxygens (including phenoxy) is 2. The van der Waals surface area contributed by atoms with E-state index < -0.39 is 49.5 Å². The molecular formula is C40H73NO8. The summed E-state index contributed by atoms with van der Waals surface area (Å²) in [5.74, 6) is -0.193. The molecular weight excluding hydrogens is 622 g/mol. The molecule has 6 N–H and O–H groups in total. The highest BCUT2D eigenvalue weighted by Crippen LogP contribution is 2.22. The molecule has 1 aliphatic heterocycles. The molecule has 0 saturated carbocycles. The number of carbonyl (C=O) groups is 1. The van der Waals surface area contributed by atoms with Crippen molar-refractivity contribution >= 4 is 5.91 Å². The van der Waals surface area contributed by atoms with Crippen LogP contribution in [0.4, 0.5) is 0 Å². The molecule has 1 amide bonds. The summed E-state index contributed by atoms with van der Waals surface area (Å²) < 4.78 is 11.0. The Balaban J connectivity index is 2.14. The van der Waals surface area contributed by atoms with Gasteiger partial charge in [0.2, 0.25) is 5.91 Å². The minimum Gasteiger partial charge on any atom is -0.394 e. The second-order valence-electron chi connectivity index (χ2n) is 13.7. The first-order chi connectivity index (χ1) is 23.8. The summed E-state index contributed by atoms with van der Waals surface area (Å²) in [4.78, 5) is 12.7. The largest absolute Gasteiger partial charge is 0.394 e. The highest BCUT2D eigenvalue weighted by atomic mass is 16.7. The normalized spacial score (nSPS) is 22.8. The van der Waals surface area contributed by atoms with Crippen LogP contribution in [0.5, 0.6) is 0 Å². The molecule has 49 heavy (non-hydrogen) atoms. The van der Waals surface area contributed by atoms with Gasteiger partial charge in [-0.1, -0.05) is 140 Å². The van der Waals surface area contributed by atoms with Gasteiger partial charge in [-0.3, -0.25) is 4.79 Å². The fourth-order valence-corrected chi connectivity index (χ4v) is 5.96. The minimum absolute atomic E-state index is 0.193. The number of hydrogen-bond donors (Lipinski definition) is 6. The van der Waals surface area contributed by atoms with E-state index in [1.807, 2.05) is 13.0 Å². The van der Waals surface area contributed by atoms with Crippen molar-refractivity contribution in [2.75, 3.05) is 13.2 Å². The molecule has 1 aliphatic rings. The van der Waals surface area contributed by atoms with Gasteiger partial charge in [-0.2, -0.15) is 0 Å². The number of aliphatic hydroxyl groups is 5. The highest BCUT2D eigenvalue weighted by molar-refractivity contribution is 5.76. The van der Waals surface area contributed by atoms with Crippen LogP contribution in [0.3, 0.4) is 0 Å². The predicted octanol–water partition coefficient (Wildman–Crippen LogP) is 6.94. The summed E-state index contributed by atoms with van der Waals surface area (Å²) in [6, 6.07) is -0.800. The molecule has 1 rings (SSSR count). The van der Waals surface area contributed by atoms with E-state index in [1.165, 1.54) is 96.3 Å². The maximum Gasteiger partial charge on any atom is 0.220 e. The van der Waals surface area contributed by atoms with Crippen molar-refractivity contribution < 1.29 is 39.8 Å². The molecule has 0 spiro atoms. The van der Waals surface area contributed by atoms with Crippen molar-refractivity contribution in [3.63, 3.8) is 0 Å². The van der Waals surface area contributed by atoms with Crippen LogP contribution in [0, 0.1) is 0 Å². The van der Waals surface area contributed by atoms with Crippen LogP contribution in [-0.4, -0.2) is 87.5 Å². The van der Waals surface area contributed by atoms with E-state index in [1.54, 1.807) is 6.08 Å². The van der Waals surface area contributed by atoms with E-state index >= 15 is 0 Å². The number of carbonyl (C=O) groups excluding carboxylic acids is 1. The Labute approximate surface area is 298 Å². The number of unbranched alkanes of at least 4 members (excludes halogenated alkanes) is 17. The second kappa shape index (κ2) is 31.2. The maximum atomic E-state index is 12.7. The van der Waals surface area contributed by atoms with Gasteiger partial charge < -0.3 is 40.3 Å². The van der Waals surface area contributed by atoms with E-state index in [9.17, 15) is 30.3 Å². The average molecular weight is 696 g/mol. The van der Waals surface area contributed by atoms with Crippen LogP contribution >= 0.6 is 0 Å². The zero-order chi connectivity index (χ0) is 36.0. The standard InChI is InChI=1S/C40H73NO8/c1-3-5-7-8-9-10-11-12-13-14-15-16-17-18-19-20-21-22-23-24-25-26-28-30-36(44)41-33(34(43)29-27-6-4-2)32-48-40-39(47)38(46)37(45)35(31-42)49-40/h11-12,14-15,27,29,33-35,37-40,42-43,45-47H,3-10,13,16-26,28,30-32H2,1-2H3,(H,41,44)/b12-11-,15-14-,29-27+. The monoisotopic (exact) mass is 696 g/mol. The molecule has 9 heteroatoms. The SMILES string of the molecule is CCC/C=C/C(O)C(COC1OC(CO)C(O)C(O)C1O)NC(=O)CCCCCCCCCCCCC/C=C\C/C=C\CCCCCCC. The van der Waals surface area contributed by atoms with Gasteiger partial charge in [0.05, 0.1) is 25.4 Å². The van der Waals surface area contributed by atoms with Gasteiger partial charge >= 0.3 is 0 Å². The second-order valence-corrected chi connectivity index (χ2v) is 13.7. The molecule has 1 heterocycles. The van der Waals surface area contributed by atoms with Crippen LogP contribution in [0.2, 0.25) is 0 Å². The predicted molar refractivity (Wildman–Crippen MR) is 198 cm³/mol. The summed E-state index contributed by atoms with van der Waals surface area (Å²) >= 11 is 0. The van der Waals surface area contributed by atoms with Crippen molar-refractivity contribution in [2.45, 2.75) is 198 Å². The molecule has 9 nitrogen and oxygen atoms in total. The molecule has 7 atom stereocenters. The van der Waals surface area contributed by atoms with Crippen molar-refractivity contribution in [3.05, 3.63) is 36.5 Å². The van der Waals surface area contributed by atoms with E-state index in [2.05, 4.69) is 36.5 Å². The van der Waals surface area contributed by atoms with Gasteiger partial charge in [-0.15, -0.1) is 0 Å². The zero-order valence-corrected chi connectivity index (χ0v) is 30.9. The van der Waals surface area contributed by atoms with Gasteiger partial charge in [-0.05, 0) is 44.9 Å². The number of nitrogens with one attached hydrogen (secondary N) is 1. The van der Waals surface area contributed by atoms with E-state index in [0.717, 1.165) is 38.5 Å². The molecule has 0 radical (unpaired) electrons. The van der Waals surface area contributed by atoms with Gasteiger partial charge in [0.15, 0.2) is 6.29 Å². The number of aliphatic hydroxyl groups excluding tert-OH is 5. The van der Waals surface area contributed by atoms with Crippen molar-refractivity contribution in [1.29, 1.82) is 0 Å². The number of amides is 1. The Bertz CT molecular complexity index is 863. The minimum atomic E-state index is -1.56. The van der Waals surface area contributed by atoms with Gasteiger partial charge in [0, 0.05) is 6.42 Å². The molecule has 0 bridgehead atoms. The molecule has 0 aromatic rings. The van der Waals surface area contributed by atoms with Gasteiger partial charge in [0.25, 0.3) is 0 Å². The Morgan fingerprint density at radius 1 is 0.694 bits per heavy atom. The summed E-state index contributed by atoms with van der Waals surface area (Å²) in [6.07, 6.45) is 30.0. The smallest absolute Gasteiger partial charge is 0.220 e. The maximum absolute atomic E-state index is 12.7. The van der Waals surface area contributed by atoms with Crippen LogP contribution in [-0.2, 0) is 14.3 Å². The Kier molecular flexibility index (Phi) is 28.9. The molecule has 0 aliphatic carbocycles. The summed E-state index contributed by atoms with van der Waals surface area (Å²) in [6.45, 7) is 3.52. The number of rotatable bonds is 31. The van der Waals surface area contributed by atoms with Crippen LogP contribution in [0.1, 0.15) is 155 Å². The lowest BCUT2D eigenvalue weighted by atomic mass is 9.99. The fourth-order valence-electron chi connectivity index (χ4n) is 5.96. The molecule has 286 valence electrons. The first-order valence-corrected chi connectivity index (χ1v) is 19.7. The number of allylic oxidation sites excluding steroid dienone is 5. The lowest BCUT2D eigenvalue weighted by molar-refractivity contribution is -0.302. The van der Waals surface area contributed by atoms with E-state index in [4.69, 9.17) is 9.47 Å². The molecule has 7 unspecified atom stereocenters. The quantitative estimate of drug-likeness (QED) is 0.0338. The van der Waals surface area contributed by atoms with E-state index in [-0.39, 0.29) is 12.5 Å². The topological polar surface area (TPSA) is 149 Å². The third-order valence-corrected chi connectivity index (χ3v) is 9.19. The molecule has 1 fully saturated rings. The van der Waals surface area contributed by atoms with Crippen LogP contribution < -0.4 is 5.32 Å². The molecule has 0 aromatic carbocycles. The van der Waals surface area contributed by atoms with Gasteiger partial charge in [-0.25, -0.2) is 0 Å². The molecule has 1 saturated heterocycles. The molecule has 0 aromatic heterocycles. The average Bonchev–Trinajstić information content (AvgIpc) is 3.10. The van der Waals surface area contributed by atoms with Crippen LogP contribution in [0.25, 0.3) is 0 Å². The summed E-state index contributed by atoms with van der Waals surface area (Å²) in [5.41, 5.74) is 0. The highest BCUT2D eigenvalue weighted by Gasteiger charge is 2.44. The van der Waals surface area contributed by atoms with Crippen molar-refractivity contribution in [2.24, 2.45) is 0 Å². The first-order valence-electron chi connectivity index (χ1n) is 19.7. The summed E-state index contributed by atoms with van der Waals surface area (Å²) in [7, 11) is 0. The third kappa shape index (κ3) is 22.8. The Hall–Kier alpha value is -1.59. The van der Waals surface area contributed by atoms with Gasteiger partial charge in [0.1, 0.15) is 24.4 Å². The first kappa shape index (κ1) is 45.4. The zero-order valence-electron chi connectivity index (χ0n) is 30.9. The van der Waals surface area contributed by atoms with Crippen molar-refractivity contribution in [1.82, 2.24) is 5.32 Å². The lowest BCUT2D eigenvalue weighted by Gasteiger charge is -2.40. The van der Waals surface area contributed by atoms with Crippen LogP contribution in [0.15, 0.2) is 36.5 Å². The fraction of sp³-hybridized carbons (Fsp3) is 0.825.